The lowest BCUT2D eigenvalue weighted by Crippen LogP contribution is -2.37. The molecule has 7 nitrogen and oxygen atoms in total. The van der Waals surface area contributed by atoms with Crippen LogP contribution < -0.4 is 9.47 Å². The van der Waals surface area contributed by atoms with Crippen molar-refractivity contribution in [1.29, 1.82) is 0 Å². The number of aromatic nitrogens is 2. The SMILES string of the molecule is COc1ccc(-c2cccnc2C2CCN(S(C)(=O)=O)CC2)nc1OC1CCCC1. The molecule has 0 aromatic carbocycles. The number of rotatable bonds is 6. The van der Waals surface area contributed by atoms with Gasteiger partial charge in [0.2, 0.25) is 10.0 Å². The highest BCUT2D eigenvalue weighted by atomic mass is 32.2. The minimum Gasteiger partial charge on any atom is -0.491 e. The van der Waals surface area contributed by atoms with Crippen molar-refractivity contribution in [2.75, 3.05) is 26.5 Å². The molecule has 0 unspecified atom stereocenters. The van der Waals surface area contributed by atoms with Gasteiger partial charge in [-0.05, 0) is 62.8 Å². The fourth-order valence-corrected chi connectivity index (χ4v) is 5.28. The Kier molecular flexibility index (Phi) is 6.24. The molecule has 2 aromatic heterocycles. The number of nitrogens with zero attached hydrogens (tertiary/aromatic N) is 3. The van der Waals surface area contributed by atoms with Crippen LogP contribution in [0.25, 0.3) is 11.3 Å². The van der Waals surface area contributed by atoms with Gasteiger partial charge in [0.15, 0.2) is 5.75 Å². The van der Waals surface area contributed by atoms with Crippen LogP contribution in [-0.4, -0.2) is 55.3 Å². The van der Waals surface area contributed by atoms with Gasteiger partial charge in [-0.2, -0.15) is 0 Å². The zero-order valence-corrected chi connectivity index (χ0v) is 18.4. The predicted molar refractivity (Wildman–Crippen MR) is 115 cm³/mol. The van der Waals surface area contributed by atoms with Crippen LogP contribution >= 0.6 is 0 Å². The number of sulfonamides is 1. The quantitative estimate of drug-likeness (QED) is 0.695. The number of ether oxygens (including phenoxy) is 2. The Bertz CT molecular complexity index is 982. The fourth-order valence-electron chi connectivity index (χ4n) is 4.40. The van der Waals surface area contributed by atoms with Gasteiger partial charge in [-0.15, -0.1) is 0 Å². The lowest BCUT2D eigenvalue weighted by molar-refractivity contribution is 0.192. The molecule has 1 aliphatic heterocycles. The van der Waals surface area contributed by atoms with E-state index in [1.807, 2.05) is 24.3 Å². The molecule has 4 rings (SSSR count). The fraction of sp³-hybridized carbons (Fsp3) is 0.545. The molecule has 1 aliphatic carbocycles. The second kappa shape index (κ2) is 8.89. The number of hydrogen-bond donors (Lipinski definition) is 0. The normalized spacial score (nSPS) is 19.1. The third kappa shape index (κ3) is 4.59. The van der Waals surface area contributed by atoms with Crippen molar-refractivity contribution in [3.05, 3.63) is 36.2 Å². The summed E-state index contributed by atoms with van der Waals surface area (Å²) >= 11 is 0. The Hall–Kier alpha value is -2.19. The van der Waals surface area contributed by atoms with Gasteiger partial charge in [0.05, 0.1) is 24.8 Å². The largest absolute Gasteiger partial charge is 0.491 e. The number of methoxy groups -OCH3 is 1. The zero-order valence-electron chi connectivity index (χ0n) is 17.6. The predicted octanol–water partition coefficient (Wildman–Crippen LogP) is 3.61. The molecule has 162 valence electrons. The summed E-state index contributed by atoms with van der Waals surface area (Å²) < 4.78 is 36.8. The summed E-state index contributed by atoms with van der Waals surface area (Å²) in [5, 5.41) is 0. The van der Waals surface area contributed by atoms with Crippen LogP contribution in [0.1, 0.15) is 50.1 Å². The Balaban J connectivity index is 1.60. The molecule has 0 bridgehead atoms. The van der Waals surface area contributed by atoms with Crippen molar-refractivity contribution in [2.45, 2.75) is 50.5 Å². The molecule has 1 saturated heterocycles. The molecular weight excluding hydrogens is 402 g/mol. The molecule has 1 saturated carbocycles. The minimum atomic E-state index is -3.15. The first-order valence-electron chi connectivity index (χ1n) is 10.6. The third-order valence-electron chi connectivity index (χ3n) is 6.05. The molecule has 2 aromatic rings. The molecule has 0 N–H and O–H groups in total. The summed E-state index contributed by atoms with van der Waals surface area (Å²) in [5.41, 5.74) is 2.74. The second-order valence-corrected chi connectivity index (χ2v) is 10.1. The van der Waals surface area contributed by atoms with Gasteiger partial charge in [0.1, 0.15) is 6.10 Å². The van der Waals surface area contributed by atoms with Gasteiger partial charge in [-0.25, -0.2) is 17.7 Å². The van der Waals surface area contributed by atoms with Gasteiger partial charge in [0.25, 0.3) is 5.88 Å². The first-order chi connectivity index (χ1) is 14.5. The van der Waals surface area contributed by atoms with Crippen molar-refractivity contribution in [3.63, 3.8) is 0 Å². The summed E-state index contributed by atoms with van der Waals surface area (Å²) in [6, 6.07) is 7.77. The van der Waals surface area contributed by atoms with Crippen molar-refractivity contribution >= 4 is 10.0 Å². The van der Waals surface area contributed by atoms with Crippen LogP contribution in [0.2, 0.25) is 0 Å². The van der Waals surface area contributed by atoms with Crippen molar-refractivity contribution in [1.82, 2.24) is 14.3 Å². The smallest absolute Gasteiger partial charge is 0.257 e. The van der Waals surface area contributed by atoms with Gasteiger partial charge in [-0.1, -0.05) is 0 Å². The van der Waals surface area contributed by atoms with E-state index in [9.17, 15) is 8.42 Å². The first-order valence-corrected chi connectivity index (χ1v) is 12.4. The van der Waals surface area contributed by atoms with Crippen LogP contribution in [0.4, 0.5) is 0 Å². The summed E-state index contributed by atoms with van der Waals surface area (Å²) in [6.07, 6.45) is 9.22. The molecule has 8 heteroatoms. The standard InChI is InChI=1S/C22H29N3O4S/c1-28-20-10-9-19(24-22(20)29-17-6-3-4-7-17)18-8-5-13-23-21(18)16-11-14-25(15-12-16)30(2,26)27/h5,8-10,13,16-17H,3-4,6-7,11-12,14-15H2,1-2H3. The van der Waals surface area contributed by atoms with E-state index < -0.39 is 10.0 Å². The highest BCUT2D eigenvalue weighted by Gasteiger charge is 2.28. The maximum atomic E-state index is 11.8. The lowest BCUT2D eigenvalue weighted by Gasteiger charge is -2.30. The van der Waals surface area contributed by atoms with Crippen LogP contribution in [0.3, 0.4) is 0 Å². The van der Waals surface area contributed by atoms with E-state index in [2.05, 4.69) is 4.98 Å². The van der Waals surface area contributed by atoms with Gasteiger partial charge >= 0.3 is 0 Å². The summed E-state index contributed by atoms with van der Waals surface area (Å²) in [7, 11) is -1.52. The Morgan fingerprint density at radius 1 is 1.07 bits per heavy atom. The highest BCUT2D eigenvalue weighted by Crippen LogP contribution is 2.37. The summed E-state index contributed by atoms with van der Waals surface area (Å²) in [5.74, 6) is 1.36. The minimum absolute atomic E-state index is 0.190. The first kappa shape index (κ1) is 21.1. The van der Waals surface area contributed by atoms with Crippen molar-refractivity contribution < 1.29 is 17.9 Å². The maximum absolute atomic E-state index is 11.8. The molecule has 30 heavy (non-hydrogen) atoms. The highest BCUT2D eigenvalue weighted by molar-refractivity contribution is 7.88. The van der Waals surface area contributed by atoms with Crippen LogP contribution in [0.15, 0.2) is 30.5 Å². The van der Waals surface area contributed by atoms with Crippen LogP contribution in [0, 0.1) is 0 Å². The van der Waals surface area contributed by atoms with Gasteiger partial charge in [0, 0.05) is 30.8 Å². The molecule has 0 amide bonds. The molecule has 2 aliphatic rings. The summed E-state index contributed by atoms with van der Waals surface area (Å²) in [4.78, 5) is 9.45. The van der Waals surface area contributed by atoms with Crippen LogP contribution in [0.5, 0.6) is 11.6 Å². The number of hydrogen-bond acceptors (Lipinski definition) is 6. The lowest BCUT2D eigenvalue weighted by atomic mass is 9.90. The van der Waals surface area contributed by atoms with Gasteiger partial charge < -0.3 is 9.47 Å². The van der Waals surface area contributed by atoms with Crippen molar-refractivity contribution in [2.24, 2.45) is 0 Å². The Labute approximate surface area is 178 Å². The molecule has 3 heterocycles. The third-order valence-corrected chi connectivity index (χ3v) is 7.35. The average molecular weight is 432 g/mol. The van der Waals surface area contributed by atoms with Crippen LogP contribution in [-0.2, 0) is 10.0 Å². The van der Waals surface area contributed by atoms with E-state index >= 15 is 0 Å². The molecule has 0 radical (unpaired) electrons. The van der Waals surface area contributed by atoms with E-state index in [0.717, 1.165) is 42.6 Å². The molecular formula is C22H29N3O4S. The van der Waals surface area contributed by atoms with E-state index in [1.54, 1.807) is 17.6 Å². The molecule has 2 fully saturated rings. The maximum Gasteiger partial charge on any atom is 0.257 e. The number of piperidine rings is 1. The Morgan fingerprint density at radius 3 is 2.47 bits per heavy atom. The topological polar surface area (TPSA) is 81.6 Å². The van der Waals surface area contributed by atoms with E-state index in [1.165, 1.54) is 19.1 Å². The van der Waals surface area contributed by atoms with E-state index in [0.29, 0.717) is 24.7 Å². The molecule has 0 atom stereocenters. The van der Waals surface area contributed by atoms with E-state index in [4.69, 9.17) is 14.5 Å². The van der Waals surface area contributed by atoms with Gasteiger partial charge in [-0.3, -0.25) is 4.98 Å². The Morgan fingerprint density at radius 2 is 1.80 bits per heavy atom. The molecule has 0 spiro atoms. The number of pyridine rings is 2. The van der Waals surface area contributed by atoms with Crippen molar-refractivity contribution in [3.8, 4) is 22.9 Å². The second-order valence-electron chi connectivity index (χ2n) is 8.10. The van der Waals surface area contributed by atoms with E-state index in [-0.39, 0.29) is 12.0 Å². The summed E-state index contributed by atoms with van der Waals surface area (Å²) in [6.45, 7) is 1.04. The average Bonchev–Trinajstić information content (AvgIpc) is 3.26. The monoisotopic (exact) mass is 431 g/mol. The zero-order chi connectivity index (χ0) is 21.1.